The summed E-state index contributed by atoms with van der Waals surface area (Å²) in [5.41, 5.74) is 4.60. The number of aromatic nitrogens is 5. The van der Waals surface area contributed by atoms with Gasteiger partial charge in [0, 0.05) is 69.4 Å². The minimum atomic E-state index is -0.514. The Balaban J connectivity index is 1.03. The van der Waals surface area contributed by atoms with Gasteiger partial charge >= 0.3 is 0 Å². The smallest absolute Gasteiger partial charge is 0.255 e. The van der Waals surface area contributed by atoms with Crippen LogP contribution in [0.2, 0.25) is 0 Å². The van der Waals surface area contributed by atoms with Crippen molar-refractivity contribution in [2.75, 3.05) is 60.6 Å². The van der Waals surface area contributed by atoms with E-state index in [2.05, 4.69) is 57.2 Å². The first-order valence-corrected chi connectivity index (χ1v) is 15.2. The van der Waals surface area contributed by atoms with Gasteiger partial charge in [0.2, 0.25) is 5.95 Å². The summed E-state index contributed by atoms with van der Waals surface area (Å²) in [5, 5.41) is 4.75. The van der Waals surface area contributed by atoms with E-state index in [1.807, 2.05) is 34.7 Å². The number of morpholine rings is 1. The standard InChI is InChI=1S/C34H35FN8O2/c1-24-20-32(43(38-24)27-6-4-3-5-7-27)41-16-14-40(15-17-41)26-10-8-25(9-11-26)31-23-42(18-19-45-31)34-37-30(21-33(44)39(34)2)28-12-13-36-22-29(28)35/h3-13,20-22,31H,14-19,23H2,1-2H3. The first-order chi connectivity index (χ1) is 21.9. The minimum absolute atomic E-state index is 0.190. The Hall–Kier alpha value is -5.03. The average molecular weight is 607 g/mol. The van der Waals surface area contributed by atoms with Crippen molar-refractivity contribution >= 4 is 17.5 Å². The summed E-state index contributed by atoms with van der Waals surface area (Å²) in [6, 6.07) is 23.9. The zero-order valence-corrected chi connectivity index (χ0v) is 25.4. The Morgan fingerprint density at radius 1 is 0.867 bits per heavy atom. The van der Waals surface area contributed by atoms with Gasteiger partial charge < -0.3 is 19.4 Å². The lowest BCUT2D eigenvalue weighted by Crippen LogP contribution is -2.47. The number of piperazine rings is 1. The maximum atomic E-state index is 14.5. The van der Waals surface area contributed by atoms with E-state index in [0.29, 0.717) is 31.3 Å². The summed E-state index contributed by atoms with van der Waals surface area (Å²) in [6.45, 7) is 7.22. The van der Waals surface area contributed by atoms with Gasteiger partial charge in [-0.1, -0.05) is 30.3 Å². The summed E-state index contributed by atoms with van der Waals surface area (Å²) >= 11 is 0. The van der Waals surface area contributed by atoms with Crippen LogP contribution in [0.15, 0.2) is 90.0 Å². The van der Waals surface area contributed by atoms with E-state index < -0.39 is 5.82 Å². The Morgan fingerprint density at radius 3 is 2.38 bits per heavy atom. The van der Waals surface area contributed by atoms with E-state index in [4.69, 9.17) is 14.8 Å². The molecule has 10 nitrogen and oxygen atoms in total. The van der Waals surface area contributed by atoms with Gasteiger partial charge in [-0.15, -0.1) is 0 Å². The molecule has 7 rings (SSSR count). The predicted molar refractivity (Wildman–Crippen MR) is 173 cm³/mol. The van der Waals surface area contributed by atoms with E-state index in [9.17, 15) is 9.18 Å². The number of anilines is 3. The highest BCUT2D eigenvalue weighted by Crippen LogP contribution is 2.29. The van der Waals surface area contributed by atoms with Gasteiger partial charge in [0.15, 0.2) is 5.82 Å². The maximum absolute atomic E-state index is 14.5. The highest BCUT2D eigenvalue weighted by atomic mass is 19.1. The molecule has 3 aromatic heterocycles. The molecule has 1 atom stereocenters. The second-order valence-corrected chi connectivity index (χ2v) is 11.5. The third-order valence-corrected chi connectivity index (χ3v) is 8.56. The average Bonchev–Trinajstić information content (AvgIpc) is 3.48. The monoisotopic (exact) mass is 606 g/mol. The minimum Gasteiger partial charge on any atom is -0.370 e. The van der Waals surface area contributed by atoms with Gasteiger partial charge in [-0.25, -0.2) is 14.1 Å². The van der Waals surface area contributed by atoms with Crippen LogP contribution in [0.25, 0.3) is 16.9 Å². The largest absolute Gasteiger partial charge is 0.370 e. The normalized spacial score (nSPS) is 17.1. The highest BCUT2D eigenvalue weighted by molar-refractivity contribution is 5.60. The second kappa shape index (κ2) is 12.2. The van der Waals surface area contributed by atoms with Gasteiger partial charge in [-0.2, -0.15) is 5.10 Å². The third-order valence-electron chi connectivity index (χ3n) is 8.56. The SMILES string of the molecule is Cc1cc(N2CCN(c3ccc(C4CN(c5nc(-c6ccncc6F)cc(=O)n5C)CCO4)cc3)CC2)n(-c2ccccc2)n1. The third kappa shape index (κ3) is 5.78. The Morgan fingerprint density at radius 2 is 1.62 bits per heavy atom. The summed E-state index contributed by atoms with van der Waals surface area (Å²) in [6.07, 6.45) is 2.43. The fraction of sp³-hybridized carbons (Fsp3) is 0.294. The van der Waals surface area contributed by atoms with Crippen LogP contribution >= 0.6 is 0 Å². The van der Waals surface area contributed by atoms with E-state index >= 15 is 0 Å². The zero-order valence-electron chi connectivity index (χ0n) is 25.4. The van der Waals surface area contributed by atoms with E-state index in [-0.39, 0.29) is 17.2 Å². The fourth-order valence-corrected chi connectivity index (χ4v) is 6.13. The molecule has 230 valence electrons. The lowest BCUT2D eigenvalue weighted by Gasteiger charge is -2.37. The zero-order chi connectivity index (χ0) is 30.9. The number of rotatable bonds is 6. The van der Waals surface area contributed by atoms with Crippen molar-refractivity contribution in [1.29, 1.82) is 0 Å². The van der Waals surface area contributed by atoms with Crippen molar-refractivity contribution in [2.24, 2.45) is 7.05 Å². The predicted octanol–water partition coefficient (Wildman–Crippen LogP) is 4.38. The van der Waals surface area contributed by atoms with E-state index in [1.54, 1.807) is 7.05 Å². The molecule has 11 heteroatoms. The van der Waals surface area contributed by atoms with Crippen molar-refractivity contribution in [1.82, 2.24) is 24.3 Å². The molecule has 0 spiro atoms. The molecule has 2 aromatic carbocycles. The molecule has 2 saturated heterocycles. The van der Waals surface area contributed by atoms with Crippen LogP contribution in [-0.2, 0) is 11.8 Å². The highest BCUT2D eigenvalue weighted by Gasteiger charge is 2.26. The van der Waals surface area contributed by atoms with Gasteiger partial charge in [0.1, 0.15) is 11.9 Å². The van der Waals surface area contributed by atoms with E-state index in [1.165, 1.54) is 28.6 Å². The first kappa shape index (κ1) is 28.7. The number of ether oxygens (including phenoxy) is 1. The van der Waals surface area contributed by atoms with Crippen LogP contribution in [0.5, 0.6) is 0 Å². The quantitative estimate of drug-likeness (QED) is 0.282. The number of nitrogens with zero attached hydrogens (tertiary/aromatic N) is 8. The van der Waals surface area contributed by atoms with Crippen molar-refractivity contribution < 1.29 is 9.13 Å². The molecular formula is C34H35FN8O2. The molecule has 0 radical (unpaired) electrons. The molecule has 5 heterocycles. The molecule has 0 N–H and O–H groups in total. The van der Waals surface area contributed by atoms with Crippen LogP contribution in [-0.4, -0.2) is 70.2 Å². The number of hydrogen-bond donors (Lipinski definition) is 0. The summed E-state index contributed by atoms with van der Waals surface area (Å²) < 4.78 is 24.2. The van der Waals surface area contributed by atoms with Crippen molar-refractivity contribution in [2.45, 2.75) is 13.0 Å². The number of halogens is 1. The molecule has 2 aliphatic rings. The van der Waals surface area contributed by atoms with Crippen LogP contribution in [0.3, 0.4) is 0 Å². The Bertz CT molecular complexity index is 1850. The molecule has 2 aliphatic heterocycles. The molecule has 0 saturated carbocycles. The van der Waals surface area contributed by atoms with Gasteiger partial charge in [-0.3, -0.25) is 14.3 Å². The number of hydrogen-bond acceptors (Lipinski definition) is 8. The fourth-order valence-electron chi connectivity index (χ4n) is 6.13. The molecule has 0 amide bonds. The summed E-state index contributed by atoms with van der Waals surface area (Å²) in [5.74, 6) is 1.09. The molecule has 5 aromatic rings. The number of benzene rings is 2. The van der Waals surface area contributed by atoms with Gasteiger partial charge in [0.05, 0.1) is 36.4 Å². The van der Waals surface area contributed by atoms with E-state index in [0.717, 1.165) is 55.1 Å². The van der Waals surface area contributed by atoms with Crippen molar-refractivity contribution in [3.8, 4) is 16.9 Å². The van der Waals surface area contributed by atoms with Crippen molar-refractivity contribution in [3.63, 3.8) is 0 Å². The van der Waals surface area contributed by atoms with Crippen molar-refractivity contribution in [3.05, 3.63) is 113 Å². The van der Waals surface area contributed by atoms with Crippen LogP contribution in [0.4, 0.5) is 21.8 Å². The lowest BCUT2D eigenvalue weighted by molar-refractivity contribution is 0.0390. The Kier molecular flexibility index (Phi) is 7.76. The lowest BCUT2D eigenvalue weighted by atomic mass is 10.1. The molecule has 1 unspecified atom stereocenters. The van der Waals surface area contributed by atoms with Crippen LogP contribution in [0.1, 0.15) is 17.4 Å². The first-order valence-electron chi connectivity index (χ1n) is 15.2. The number of aryl methyl sites for hydroxylation is 1. The number of para-hydroxylation sites is 1. The molecular weight excluding hydrogens is 571 g/mol. The maximum Gasteiger partial charge on any atom is 0.255 e. The van der Waals surface area contributed by atoms with Gasteiger partial charge in [0.25, 0.3) is 5.56 Å². The number of pyridine rings is 1. The van der Waals surface area contributed by atoms with Gasteiger partial charge in [-0.05, 0) is 42.8 Å². The summed E-state index contributed by atoms with van der Waals surface area (Å²) in [4.78, 5) is 28.2. The van der Waals surface area contributed by atoms with Crippen LogP contribution in [0, 0.1) is 12.7 Å². The molecule has 0 aliphatic carbocycles. The second-order valence-electron chi connectivity index (χ2n) is 11.5. The summed E-state index contributed by atoms with van der Waals surface area (Å²) in [7, 11) is 1.69. The molecule has 45 heavy (non-hydrogen) atoms. The molecule has 0 bridgehead atoms. The topological polar surface area (TPSA) is 84.5 Å². The van der Waals surface area contributed by atoms with Crippen LogP contribution < -0.4 is 20.3 Å². The molecule has 2 fully saturated rings. The Labute approximate surface area is 260 Å².